The molecule has 0 fully saturated rings. The van der Waals surface area contributed by atoms with Crippen LogP contribution in [0.5, 0.6) is 0 Å². The number of quaternary nitrogens is 1. The summed E-state index contributed by atoms with van der Waals surface area (Å²) in [5.74, 6) is -2.27. The number of carbonyl (C=O) groups is 3. The Morgan fingerprint density at radius 3 is 0.934 bits per heavy atom. The predicted octanol–water partition coefficient (Wildman–Crippen LogP) is 22.6. The maximum atomic E-state index is 13.0. The van der Waals surface area contributed by atoms with Gasteiger partial charge in [0.15, 0.2) is 12.4 Å². The van der Waals surface area contributed by atoms with Gasteiger partial charge in [0.25, 0.3) is 0 Å². The van der Waals surface area contributed by atoms with Crippen molar-refractivity contribution in [1.29, 1.82) is 0 Å². The van der Waals surface area contributed by atoms with E-state index in [0.29, 0.717) is 17.4 Å². The Hall–Kier alpha value is -4.31. The van der Waals surface area contributed by atoms with Gasteiger partial charge in [0, 0.05) is 12.8 Å². The molecule has 91 heavy (non-hydrogen) atoms. The van der Waals surface area contributed by atoms with Crippen LogP contribution in [-0.2, 0) is 33.3 Å². The van der Waals surface area contributed by atoms with E-state index >= 15 is 0 Å². The zero-order chi connectivity index (χ0) is 66.1. The second-order valence-corrected chi connectivity index (χ2v) is 26.2. The molecular formula is C82H141NO8. The number of hydrogen-bond acceptors (Lipinski definition) is 8. The van der Waals surface area contributed by atoms with Crippen LogP contribution in [0.4, 0.5) is 0 Å². The van der Waals surface area contributed by atoms with Crippen molar-refractivity contribution < 1.29 is 42.9 Å². The molecule has 0 radical (unpaired) electrons. The van der Waals surface area contributed by atoms with Gasteiger partial charge < -0.3 is 33.3 Å². The average molecular weight is 1270 g/mol. The quantitative estimate of drug-likeness (QED) is 0.0195. The van der Waals surface area contributed by atoms with E-state index in [4.69, 9.17) is 18.9 Å². The van der Waals surface area contributed by atoms with E-state index in [0.717, 1.165) is 96.3 Å². The number of carboxylic acid groups (broad SMARTS) is 1. The molecule has 2 atom stereocenters. The smallest absolute Gasteiger partial charge is 0.306 e. The summed E-state index contributed by atoms with van der Waals surface area (Å²) in [6, 6.07) is 0. The highest BCUT2D eigenvalue weighted by Gasteiger charge is 2.22. The van der Waals surface area contributed by atoms with E-state index in [1.807, 2.05) is 21.1 Å². The van der Waals surface area contributed by atoms with Crippen molar-refractivity contribution in [3.05, 3.63) is 122 Å². The molecular weight excluding hydrogens is 1130 g/mol. The fraction of sp³-hybridized carbons (Fsp3) is 0.720. The minimum Gasteiger partial charge on any atom is -0.545 e. The van der Waals surface area contributed by atoms with E-state index in [-0.39, 0.29) is 38.6 Å². The molecule has 0 amide bonds. The molecule has 0 aliphatic rings. The van der Waals surface area contributed by atoms with Gasteiger partial charge in [-0.15, -0.1) is 0 Å². The van der Waals surface area contributed by atoms with Gasteiger partial charge >= 0.3 is 11.9 Å². The highest BCUT2D eigenvalue weighted by molar-refractivity contribution is 5.70. The minimum absolute atomic E-state index is 0.145. The summed E-state index contributed by atoms with van der Waals surface area (Å²) in [6.45, 7) is 4.65. The molecule has 0 rings (SSSR count). The molecule has 0 aliphatic heterocycles. The maximum absolute atomic E-state index is 13.0. The predicted molar refractivity (Wildman–Crippen MR) is 389 cm³/mol. The van der Waals surface area contributed by atoms with Gasteiger partial charge in [0.05, 0.1) is 40.3 Å². The third kappa shape index (κ3) is 73.0. The van der Waals surface area contributed by atoms with E-state index in [1.54, 1.807) is 0 Å². The number of allylic oxidation sites excluding steroid dienone is 20. The van der Waals surface area contributed by atoms with Gasteiger partial charge in [-0.2, -0.15) is 0 Å². The number of esters is 2. The van der Waals surface area contributed by atoms with Crippen LogP contribution < -0.4 is 5.11 Å². The van der Waals surface area contributed by atoms with Crippen molar-refractivity contribution >= 4 is 17.9 Å². The first-order valence-electron chi connectivity index (χ1n) is 37.7. The lowest BCUT2D eigenvalue weighted by Crippen LogP contribution is -2.44. The second-order valence-electron chi connectivity index (χ2n) is 26.2. The van der Waals surface area contributed by atoms with Gasteiger partial charge in [-0.05, 0) is 109 Å². The fourth-order valence-electron chi connectivity index (χ4n) is 10.5. The van der Waals surface area contributed by atoms with Crippen molar-refractivity contribution in [3.8, 4) is 0 Å². The number of carboxylic acids is 1. The number of unbranched alkanes of at least 4 members (excludes halogenated alkanes) is 34. The number of aliphatic carboxylic acids is 1. The summed E-state index contributed by atoms with van der Waals surface area (Å²) >= 11 is 0. The third-order valence-electron chi connectivity index (χ3n) is 16.2. The van der Waals surface area contributed by atoms with Crippen LogP contribution in [0.3, 0.4) is 0 Å². The first-order valence-corrected chi connectivity index (χ1v) is 37.7. The normalized spacial score (nSPS) is 13.4. The third-order valence-corrected chi connectivity index (χ3v) is 16.2. The van der Waals surface area contributed by atoms with E-state index in [2.05, 4.69) is 135 Å². The molecule has 0 aromatic rings. The number of hydrogen-bond donors (Lipinski definition) is 0. The Balaban J connectivity index is 4.06. The lowest BCUT2D eigenvalue weighted by atomic mass is 10.0. The highest BCUT2D eigenvalue weighted by Crippen LogP contribution is 2.18. The van der Waals surface area contributed by atoms with Crippen LogP contribution in [0.1, 0.15) is 322 Å². The molecule has 0 heterocycles. The monoisotopic (exact) mass is 1270 g/mol. The Kier molecular flexibility index (Phi) is 68.1. The van der Waals surface area contributed by atoms with Gasteiger partial charge in [-0.1, -0.05) is 322 Å². The second kappa shape index (κ2) is 71.5. The molecule has 0 spiro atoms. The lowest BCUT2D eigenvalue weighted by Gasteiger charge is -2.26. The molecule has 0 N–H and O–H groups in total. The molecule has 9 heteroatoms. The zero-order valence-corrected chi connectivity index (χ0v) is 59.7. The van der Waals surface area contributed by atoms with Gasteiger partial charge in [-0.3, -0.25) is 9.59 Å². The molecule has 9 nitrogen and oxygen atoms in total. The molecule has 0 aliphatic carbocycles. The van der Waals surface area contributed by atoms with E-state index in [9.17, 15) is 19.5 Å². The molecule has 0 saturated carbocycles. The summed E-state index contributed by atoms with van der Waals surface area (Å²) < 4.78 is 22.8. The maximum Gasteiger partial charge on any atom is 0.306 e. The largest absolute Gasteiger partial charge is 0.545 e. The van der Waals surface area contributed by atoms with Crippen molar-refractivity contribution in [2.75, 3.05) is 47.5 Å². The van der Waals surface area contributed by atoms with Crippen LogP contribution in [0.15, 0.2) is 122 Å². The molecule has 0 saturated heterocycles. The summed E-state index contributed by atoms with van der Waals surface area (Å²) in [5.41, 5.74) is 0. The molecule has 0 bridgehead atoms. The number of likely N-dealkylation sites (N-methyl/N-ethyl adjacent to an activating group) is 1. The molecule has 522 valence electrons. The van der Waals surface area contributed by atoms with Crippen molar-refractivity contribution in [2.45, 2.75) is 334 Å². The van der Waals surface area contributed by atoms with Crippen molar-refractivity contribution in [2.24, 2.45) is 0 Å². The van der Waals surface area contributed by atoms with Crippen LogP contribution in [0.2, 0.25) is 0 Å². The first-order chi connectivity index (χ1) is 44.6. The molecule has 0 aromatic carbocycles. The van der Waals surface area contributed by atoms with Crippen molar-refractivity contribution in [1.82, 2.24) is 0 Å². The molecule has 2 unspecified atom stereocenters. The van der Waals surface area contributed by atoms with Crippen LogP contribution >= 0.6 is 0 Å². The summed E-state index contributed by atoms with van der Waals surface area (Å²) in [4.78, 5) is 37.5. The number of rotatable bonds is 69. The molecule has 0 aromatic heterocycles. The Morgan fingerprint density at radius 1 is 0.341 bits per heavy atom. The van der Waals surface area contributed by atoms with Gasteiger partial charge in [0.1, 0.15) is 13.2 Å². The fourth-order valence-corrected chi connectivity index (χ4v) is 10.5. The lowest BCUT2D eigenvalue weighted by molar-refractivity contribution is -0.870. The van der Waals surface area contributed by atoms with Crippen LogP contribution in [-0.4, -0.2) is 82.3 Å². The average Bonchev–Trinajstić information content (AvgIpc) is 3.53. The Labute approximate surface area is 561 Å². The first kappa shape index (κ1) is 86.7. The van der Waals surface area contributed by atoms with E-state index < -0.39 is 24.3 Å². The number of carbonyl (C=O) groups excluding carboxylic acids is 3. The van der Waals surface area contributed by atoms with Crippen LogP contribution in [0, 0.1) is 0 Å². The number of ether oxygens (including phenoxy) is 4. The zero-order valence-electron chi connectivity index (χ0n) is 59.7. The summed E-state index contributed by atoms with van der Waals surface area (Å²) in [5, 5.41) is 11.8. The summed E-state index contributed by atoms with van der Waals surface area (Å²) in [6.07, 6.45) is 98.6. The number of nitrogens with zero attached hydrogens (tertiary/aromatic N) is 1. The topological polar surface area (TPSA) is 111 Å². The standard InChI is InChI=1S/C82H141NO8/c1-6-8-10-12-14-16-18-20-22-24-26-28-30-32-33-34-35-36-37-38-39-40-41-42-43-44-45-46-47-49-51-53-55-57-59-61-63-65-67-69-71-73-80(85)91-78(77-90-82(81(86)87)88-75-74-83(3,4)5)76-89-79(84)72-70-68-66-64-62-60-58-56-54-52-50-48-31-29-27-25-23-21-19-17-15-13-11-9-7-2/h8,10,14,16,19-22,25-28,32-33,35-36,38-39,41-42,78,82H,6-7,9,11-13,15,17-18,23-24,29-31,34,37,40,43-77H2,1-5H3/b10-8-,16-14-,21-19-,22-20-,27-25-,28-26-,33-32-,36-35-,39-38-,42-41-. The Morgan fingerprint density at radius 2 is 0.626 bits per heavy atom. The van der Waals surface area contributed by atoms with E-state index in [1.165, 1.54) is 193 Å². The SMILES string of the molecule is CC/C=C\C/C=C\C/C=C\C/C=C\C/C=C\C/C=C\C/C=C\C/C=C\CCCCCCCCCCCCCCCCCCC(=O)OC(COC(=O)CCCCCCCCCCCCCCC/C=C\C/C=C\CCCCCCC)COC(OCC[N+](C)(C)C)C(=O)[O-]. The summed E-state index contributed by atoms with van der Waals surface area (Å²) in [7, 11) is 5.93. The van der Waals surface area contributed by atoms with Gasteiger partial charge in [0.2, 0.25) is 0 Å². The van der Waals surface area contributed by atoms with Crippen LogP contribution in [0.25, 0.3) is 0 Å². The Bertz CT molecular complexity index is 1910. The highest BCUT2D eigenvalue weighted by atomic mass is 16.7. The minimum atomic E-state index is -1.63. The van der Waals surface area contributed by atoms with Crippen molar-refractivity contribution in [3.63, 3.8) is 0 Å². The van der Waals surface area contributed by atoms with Gasteiger partial charge in [-0.25, -0.2) is 0 Å².